The summed E-state index contributed by atoms with van der Waals surface area (Å²) >= 11 is 1.58. The number of hydrogen-bond donors (Lipinski definition) is 5. The van der Waals surface area contributed by atoms with E-state index in [1.807, 2.05) is 95.3 Å². The van der Waals surface area contributed by atoms with Crippen LogP contribution >= 0.6 is 11.3 Å². The van der Waals surface area contributed by atoms with Crippen LogP contribution in [0.1, 0.15) is 167 Å². The fraction of sp³-hybridized carbons (Fsp3) is 0.551. The van der Waals surface area contributed by atoms with Gasteiger partial charge in [-0.2, -0.15) is 0 Å². The number of aryl methyl sites for hydroxylation is 3. The number of aromatic amines is 1. The molecule has 3 saturated heterocycles. The Kier molecular flexibility index (Phi) is 23.9. The largest absolute Gasteiger partial charge is 0.391 e. The average molecular weight is 1210 g/mol. The lowest BCUT2D eigenvalue weighted by molar-refractivity contribution is -0.144. The van der Waals surface area contributed by atoms with Gasteiger partial charge in [0.1, 0.15) is 12.1 Å². The number of H-pyrrole nitrogens is 1. The number of unbranched alkanes of at least 4 members (excludes halogenated alkanes) is 8. The SMILES string of the molecule is CCN(c1cc(-c2ccc(CN3CCN(C(=O)CCCCCCCCCCCC(=O)N[C@H](C(=O)N4C[C@H](O)C[C@H]4C(=O)NCc4ccc(-c5scnc5C)cc4)C(C)(C)C)CC3)cc2)cc(C(=O)NCc2c(C)cc(C)[nH]c2=O)c1C)C1CCOCC1. The molecule has 3 atom stereocenters. The first-order chi connectivity index (χ1) is 41.8. The molecule has 87 heavy (non-hydrogen) atoms. The number of piperazine rings is 1. The first-order valence-corrected chi connectivity index (χ1v) is 32.8. The van der Waals surface area contributed by atoms with Crippen molar-refractivity contribution in [3.05, 3.63) is 127 Å². The minimum absolute atomic E-state index is 0.0319. The highest BCUT2D eigenvalue weighted by Crippen LogP contribution is 2.35. The van der Waals surface area contributed by atoms with E-state index >= 15 is 0 Å². The Labute approximate surface area is 519 Å². The lowest BCUT2D eigenvalue weighted by atomic mass is 9.85. The summed E-state index contributed by atoms with van der Waals surface area (Å²) in [6.45, 7) is 22.2. The van der Waals surface area contributed by atoms with Crippen LogP contribution in [-0.2, 0) is 43.5 Å². The quantitative estimate of drug-likeness (QED) is 0.0313. The minimum atomic E-state index is -0.852. The Morgan fingerprint density at radius 3 is 2.03 bits per heavy atom. The van der Waals surface area contributed by atoms with Gasteiger partial charge in [-0.05, 0) is 123 Å². The highest BCUT2D eigenvalue weighted by molar-refractivity contribution is 7.13. The number of carbonyl (C=O) groups excluding carboxylic acids is 5. The molecule has 3 fully saturated rings. The van der Waals surface area contributed by atoms with E-state index in [1.165, 1.54) is 10.5 Å². The van der Waals surface area contributed by atoms with Crippen molar-refractivity contribution < 1.29 is 33.8 Å². The number of thiazole rings is 1. The number of aliphatic hydroxyl groups is 1. The molecule has 0 bridgehead atoms. The number of aliphatic hydroxyl groups excluding tert-OH is 1. The Hall–Kier alpha value is -6.73. The normalized spacial score (nSPS) is 17.1. The molecular weight excluding hydrogens is 1110 g/mol. The van der Waals surface area contributed by atoms with E-state index in [4.69, 9.17) is 4.74 Å². The van der Waals surface area contributed by atoms with Gasteiger partial charge >= 0.3 is 0 Å². The summed E-state index contributed by atoms with van der Waals surface area (Å²) in [6, 6.07) is 21.3. The zero-order chi connectivity index (χ0) is 62.2. The number of hydrogen-bond acceptors (Lipinski definition) is 12. The summed E-state index contributed by atoms with van der Waals surface area (Å²) in [5, 5.41) is 19.7. The molecule has 2 aromatic heterocycles. The van der Waals surface area contributed by atoms with E-state index in [9.17, 15) is 33.9 Å². The number of β-amino-alcohol motifs (C(OH)–C–C–N with tert-alkyl or cyclic N) is 1. The Morgan fingerprint density at radius 1 is 0.782 bits per heavy atom. The Morgan fingerprint density at radius 2 is 1.41 bits per heavy atom. The molecule has 5 aromatic rings. The molecule has 0 saturated carbocycles. The number of nitrogens with zero attached hydrogens (tertiary/aromatic N) is 5. The van der Waals surface area contributed by atoms with Crippen molar-refractivity contribution in [1.82, 2.24) is 40.6 Å². The number of rotatable bonds is 27. The lowest BCUT2D eigenvalue weighted by Gasteiger charge is -2.37. The molecule has 18 heteroatoms. The van der Waals surface area contributed by atoms with Gasteiger partial charge in [-0.1, -0.05) is 114 Å². The zero-order valence-corrected chi connectivity index (χ0v) is 53.7. The van der Waals surface area contributed by atoms with E-state index in [2.05, 4.69) is 73.0 Å². The van der Waals surface area contributed by atoms with Crippen molar-refractivity contribution in [2.45, 2.75) is 189 Å². The van der Waals surface area contributed by atoms with E-state index in [-0.39, 0.29) is 61.2 Å². The molecule has 17 nitrogen and oxygen atoms in total. The standard InChI is InChI=1S/C69H95N9O8S/c1-9-77(55-29-35-86-36-30-55)59-39-54(38-57(48(59)4)65(82)71-42-58-46(2)37-47(3)73-66(58)83)52-25-23-51(24-26-52)43-75-31-33-76(34-32-75)62(81)20-18-16-14-12-10-11-13-15-17-19-61(80)74-64(69(6,7)8)68(85)78-44-56(79)40-60(78)67(84)70-41-50-21-27-53(28-22-50)63-49(5)72-45-87-63/h21-28,37-39,45,55-56,60,64,79H,9-20,29-36,40-44H2,1-8H3,(H,70,84)(H,71,82)(H,73,83)(H,74,80)/t56-,60+,64-/m1/s1. The number of nitrogens with one attached hydrogen (secondary N) is 4. The number of anilines is 1. The average Bonchev–Trinajstić information content (AvgIpc) is 1.97. The van der Waals surface area contributed by atoms with E-state index < -0.39 is 23.6 Å². The number of carbonyl (C=O) groups is 5. The smallest absolute Gasteiger partial charge is 0.253 e. The predicted octanol–water partition coefficient (Wildman–Crippen LogP) is 10.1. The summed E-state index contributed by atoms with van der Waals surface area (Å²) in [5.41, 5.74) is 11.9. The number of pyridine rings is 1. The van der Waals surface area contributed by atoms with Gasteiger partial charge in [0.2, 0.25) is 23.6 Å². The van der Waals surface area contributed by atoms with Crippen LogP contribution in [0.25, 0.3) is 21.6 Å². The molecule has 0 radical (unpaired) electrons. The van der Waals surface area contributed by atoms with Gasteiger partial charge in [0.25, 0.3) is 11.5 Å². The van der Waals surface area contributed by atoms with Crippen LogP contribution < -0.4 is 26.4 Å². The van der Waals surface area contributed by atoms with E-state index in [1.54, 1.807) is 11.3 Å². The molecule has 3 aliphatic heterocycles. The predicted molar refractivity (Wildman–Crippen MR) is 345 cm³/mol. The van der Waals surface area contributed by atoms with Crippen LogP contribution in [0.5, 0.6) is 0 Å². The first-order valence-electron chi connectivity index (χ1n) is 31.9. The van der Waals surface area contributed by atoms with Crippen LogP contribution in [0.4, 0.5) is 5.69 Å². The number of amides is 5. The van der Waals surface area contributed by atoms with Gasteiger partial charge in [0.05, 0.1) is 22.2 Å². The van der Waals surface area contributed by atoms with Gasteiger partial charge in [0, 0.05) is 120 Å². The monoisotopic (exact) mass is 1210 g/mol. The zero-order valence-electron chi connectivity index (χ0n) is 52.9. The number of likely N-dealkylation sites (tertiary alicyclic amines) is 1. The molecule has 8 rings (SSSR count). The van der Waals surface area contributed by atoms with Crippen LogP contribution in [0, 0.1) is 33.1 Å². The number of ether oxygens (including phenoxy) is 1. The first kappa shape index (κ1) is 66.2. The molecule has 470 valence electrons. The second-order valence-electron chi connectivity index (χ2n) is 25.4. The molecule has 3 aliphatic rings. The Bertz CT molecular complexity index is 3180. The van der Waals surface area contributed by atoms with E-state index in [0.717, 1.165) is 165 Å². The van der Waals surface area contributed by atoms with Crippen LogP contribution in [0.2, 0.25) is 0 Å². The maximum atomic E-state index is 14.1. The van der Waals surface area contributed by atoms with Gasteiger partial charge in [-0.15, -0.1) is 11.3 Å². The summed E-state index contributed by atoms with van der Waals surface area (Å²) in [7, 11) is 0. The van der Waals surface area contributed by atoms with Crippen LogP contribution in [0.15, 0.2) is 77.0 Å². The van der Waals surface area contributed by atoms with Gasteiger partial charge < -0.3 is 45.5 Å². The fourth-order valence-electron chi connectivity index (χ4n) is 12.6. The molecule has 3 aromatic carbocycles. The third-order valence-corrected chi connectivity index (χ3v) is 18.7. The van der Waals surface area contributed by atoms with Crippen molar-refractivity contribution in [2.75, 3.05) is 57.4 Å². The Balaban J connectivity index is 0.703. The summed E-state index contributed by atoms with van der Waals surface area (Å²) < 4.78 is 5.72. The van der Waals surface area contributed by atoms with Crippen LogP contribution in [0.3, 0.4) is 0 Å². The van der Waals surface area contributed by atoms with Gasteiger partial charge in [0.15, 0.2) is 0 Å². The second kappa shape index (κ2) is 31.4. The summed E-state index contributed by atoms with van der Waals surface area (Å²) in [6.07, 6.45) is 11.0. The maximum absolute atomic E-state index is 14.1. The summed E-state index contributed by atoms with van der Waals surface area (Å²) in [4.78, 5) is 97.6. The highest BCUT2D eigenvalue weighted by Gasteiger charge is 2.44. The van der Waals surface area contributed by atoms with Crippen molar-refractivity contribution in [3.63, 3.8) is 0 Å². The van der Waals surface area contributed by atoms with Crippen molar-refractivity contribution in [1.29, 1.82) is 0 Å². The number of aromatic nitrogens is 2. The number of benzene rings is 3. The molecule has 0 spiro atoms. The van der Waals surface area contributed by atoms with Gasteiger partial charge in [-0.25, -0.2) is 4.98 Å². The molecule has 0 unspecified atom stereocenters. The summed E-state index contributed by atoms with van der Waals surface area (Å²) in [5.74, 6) is -0.855. The second-order valence-corrected chi connectivity index (χ2v) is 26.3. The van der Waals surface area contributed by atoms with Crippen LogP contribution in [-0.4, -0.2) is 136 Å². The van der Waals surface area contributed by atoms with Crippen molar-refractivity contribution in [3.8, 4) is 21.6 Å². The van der Waals surface area contributed by atoms with Crippen molar-refractivity contribution >= 4 is 46.6 Å². The molecule has 5 N–H and O–H groups in total. The highest BCUT2D eigenvalue weighted by atomic mass is 32.1. The topological polar surface area (TPSA) is 210 Å². The molecule has 5 amide bonds. The molecular formula is C69H95N9O8S. The van der Waals surface area contributed by atoms with E-state index in [0.29, 0.717) is 43.2 Å². The third kappa shape index (κ3) is 18.2. The maximum Gasteiger partial charge on any atom is 0.253 e. The van der Waals surface area contributed by atoms with Crippen molar-refractivity contribution in [2.24, 2.45) is 5.41 Å². The molecule has 5 heterocycles. The fourth-order valence-corrected chi connectivity index (χ4v) is 13.4. The lowest BCUT2D eigenvalue weighted by Crippen LogP contribution is -2.57. The van der Waals surface area contributed by atoms with Gasteiger partial charge in [-0.3, -0.25) is 33.7 Å². The minimum Gasteiger partial charge on any atom is -0.391 e. The third-order valence-electron chi connectivity index (χ3n) is 17.8. The molecule has 0 aliphatic carbocycles.